The summed E-state index contributed by atoms with van der Waals surface area (Å²) in [6, 6.07) is 5.01. The van der Waals surface area contributed by atoms with Crippen molar-refractivity contribution in [2.75, 3.05) is 46.6 Å². The molecule has 0 aromatic heterocycles. The summed E-state index contributed by atoms with van der Waals surface area (Å²) in [4.78, 5) is 14.3. The Kier molecular flexibility index (Phi) is 7.11. The Morgan fingerprint density at radius 3 is 3.00 bits per heavy atom. The van der Waals surface area contributed by atoms with E-state index in [1.165, 1.54) is 0 Å². The number of carbonyl (C=O) groups is 1. The summed E-state index contributed by atoms with van der Waals surface area (Å²) in [6.07, 6.45) is 0.607. The molecule has 0 aliphatic carbocycles. The molecule has 1 atom stereocenters. The Hall–Kier alpha value is -1.34. The van der Waals surface area contributed by atoms with Crippen molar-refractivity contribution < 1.29 is 19.0 Å². The van der Waals surface area contributed by atoms with E-state index >= 15 is 0 Å². The second-order valence-electron chi connectivity index (χ2n) is 5.38. The van der Waals surface area contributed by atoms with Crippen LogP contribution in [0.15, 0.2) is 18.2 Å². The van der Waals surface area contributed by atoms with Crippen LogP contribution in [0, 0.1) is 0 Å². The molecule has 1 fully saturated rings. The number of carbonyl (C=O) groups excluding carboxylic acids is 1. The predicted molar refractivity (Wildman–Crippen MR) is 88.1 cm³/mol. The van der Waals surface area contributed by atoms with E-state index in [1.807, 2.05) is 0 Å². The molecule has 0 spiro atoms. The van der Waals surface area contributed by atoms with Gasteiger partial charge in [-0.2, -0.15) is 0 Å². The number of likely N-dealkylation sites (N-methyl/N-ethyl adjacent to an activating group) is 1. The highest BCUT2D eigenvalue weighted by molar-refractivity contribution is 6.30. The van der Waals surface area contributed by atoms with Crippen LogP contribution in [0.25, 0.3) is 0 Å². The van der Waals surface area contributed by atoms with Crippen molar-refractivity contribution in [2.45, 2.75) is 12.5 Å². The van der Waals surface area contributed by atoms with E-state index in [4.69, 9.17) is 31.5 Å². The lowest BCUT2D eigenvalue weighted by molar-refractivity contribution is -0.0933. The fourth-order valence-corrected chi connectivity index (χ4v) is 2.46. The molecule has 1 heterocycles. The van der Waals surface area contributed by atoms with Crippen LogP contribution in [-0.4, -0.2) is 63.5 Å². The van der Waals surface area contributed by atoms with Crippen LogP contribution in [0.2, 0.25) is 5.02 Å². The zero-order chi connectivity index (χ0) is 16.7. The smallest absolute Gasteiger partial charge is 0.257 e. The molecular weight excluding hydrogens is 320 g/mol. The number of benzene rings is 1. The largest absolute Gasteiger partial charge is 0.493 e. The van der Waals surface area contributed by atoms with Gasteiger partial charge < -0.3 is 24.8 Å². The normalized spacial score (nSPS) is 17.8. The number of nitrogens with zero attached hydrogens (tertiary/aromatic N) is 1. The fraction of sp³-hybridized carbons (Fsp3) is 0.562. The average molecular weight is 343 g/mol. The van der Waals surface area contributed by atoms with Gasteiger partial charge in [0.05, 0.1) is 38.1 Å². The number of ether oxygens (including phenoxy) is 3. The fourth-order valence-electron chi connectivity index (χ4n) is 2.29. The van der Waals surface area contributed by atoms with Gasteiger partial charge in [-0.1, -0.05) is 11.6 Å². The van der Waals surface area contributed by atoms with Crippen LogP contribution in [0.4, 0.5) is 0 Å². The maximum Gasteiger partial charge on any atom is 0.257 e. The van der Waals surface area contributed by atoms with Crippen LogP contribution < -0.4 is 10.5 Å². The Bertz CT molecular complexity index is 521. The van der Waals surface area contributed by atoms with Gasteiger partial charge in [-0.15, -0.1) is 0 Å². The van der Waals surface area contributed by atoms with E-state index in [-0.39, 0.29) is 12.0 Å². The zero-order valence-electron chi connectivity index (χ0n) is 13.3. The molecule has 1 aromatic carbocycles. The molecule has 1 aromatic rings. The van der Waals surface area contributed by atoms with E-state index < -0.39 is 0 Å². The van der Waals surface area contributed by atoms with E-state index in [9.17, 15) is 4.79 Å². The summed E-state index contributed by atoms with van der Waals surface area (Å²) in [5, 5.41) is 0.524. The molecule has 1 saturated heterocycles. The molecule has 1 aliphatic heterocycles. The highest BCUT2D eigenvalue weighted by Crippen LogP contribution is 2.25. The monoisotopic (exact) mass is 342 g/mol. The van der Waals surface area contributed by atoms with E-state index in [0.29, 0.717) is 62.3 Å². The van der Waals surface area contributed by atoms with Crippen LogP contribution in [0.3, 0.4) is 0 Å². The highest BCUT2D eigenvalue weighted by Gasteiger charge is 2.22. The number of halogens is 1. The average Bonchev–Trinajstić information content (AvgIpc) is 2.55. The minimum absolute atomic E-state index is 0.105. The molecule has 1 amide bonds. The van der Waals surface area contributed by atoms with Crippen molar-refractivity contribution in [1.82, 2.24) is 4.90 Å². The van der Waals surface area contributed by atoms with Gasteiger partial charge in [-0.3, -0.25) is 4.79 Å². The summed E-state index contributed by atoms with van der Waals surface area (Å²) in [6.45, 7) is 3.09. The molecular formula is C16H23ClN2O4. The molecule has 23 heavy (non-hydrogen) atoms. The summed E-state index contributed by atoms with van der Waals surface area (Å²) in [5.74, 6) is 0.335. The van der Waals surface area contributed by atoms with Crippen LogP contribution in [-0.2, 0) is 9.47 Å². The standard InChI is InChI=1S/C16H23ClN2O4/c1-19(10-13-11-21-7-8-22-13)16(20)14-4-3-12(17)9-15(14)23-6-2-5-18/h3-4,9,13H,2,5-8,10-11,18H2,1H3/t13-/m1/s1. The van der Waals surface area contributed by atoms with Crippen molar-refractivity contribution in [1.29, 1.82) is 0 Å². The molecule has 0 unspecified atom stereocenters. The third-order valence-electron chi connectivity index (χ3n) is 3.49. The maximum absolute atomic E-state index is 12.7. The lowest BCUT2D eigenvalue weighted by atomic mass is 10.1. The number of nitrogens with two attached hydrogens (primary N) is 1. The van der Waals surface area contributed by atoms with Gasteiger partial charge in [0.15, 0.2) is 0 Å². The number of amides is 1. The SMILES string of the molecule is CN(C[C@@H]1COCCO1)C(=O)c1ccc(Cl)cc1OCCCN. The van der Waals surface area contributed by atoms with Gasteiger partial charge >= 0.3 is 0 Å². The minimum atomic E-state index is -0.140. The van der Waals surface area contributed by atoms with Gasteiger partial charge in [0.1, 0.15) is 5.75 Å². The quantitative estimate of drug-likeness (QED) is 0.761. The van der Waals surface area contributed by atoms with Crippen molar-refractivity contribution in [2.24, 2.45) is 5.73 Å². The Labute approximate surface area is 141 Å². The van der Waals surface area contributed by atoms with Gasteiger partial charge in [0.25, 0.3) is 5.91 Å². The number of hydrogen-bond acceptors (Lipinski definition) is 5. The first-order valence-corrected chi connectivity index (χ1v) is 8.07. The van der Waals surface area contributed by atoms with Crippen molar-refractivity contribution in [3.05, 3.63) is 28.8 Å². The van der Waals surface area contributed by atoms with Crippen LogP contribution >= 0.6 is 11.6 Å². The van der Waals surface area contributed by atoms with Gasteiger partial charge in [-0.05, 0) is 31.2 Å². The maximum atomic E-state index is 12.7. The summed E-state index contributed by atoms with van der Waals surface area (Å²) < 4.78 is 16.6. The third kappa shape index (κ3) is 5.35. The van der Waals surface area contributed by atoms with Gasteiger partial charge in [0.2, 0.25) is 0 Å². The van der Waals surface area contributed by atoms with Crippen molar-refractivity contribution in [3.8, 4) is 5.75 Å². The first kappa shape index (κ1) is 18.0. The molecule has 128 valence electrons. The lowest BCUT2D eigenvalue weighted by Crippen LogP contribution is -2.40. The molecule has 7 heteroatoms. The second-order valence-corrected chi connectivity index (χ2v) is 5.82. The Morgan fingerprint density at radius 2 is 2.30 bits per heavy atom. The summed E-state index contributed by atoms with van der Waals surface area (Å²) in [5.41, 5.74) is 5.94. The molecule has 2 rings (SSSR count). The van der Waals surface area contributed by atoms with Gasteiger partial charge in [0, 0.05) is 18.6 Å². The van der Waals surface area contributed by atoms with E-state index in [2.05, 4.69) is 0 Å². The molecule has 0 radical (unpaired) electrons. The highest BCUT2D eigenvalue weighted by atomic mass is 35.5. The third-order valence-corrected chi connectivity index (χ3v) is 3.72. The van der Waals surface area contributed by atoms with Gasteiger partial charge in [-0.25, -0.2) is 0 Å². The Morgan fingerprint density at radius 1 is 1.48 bits per heavy atom. The van der Waals surface area contributed by atoms with Crippen molar-refractivity contribution >= 4 is 17.5 Å². The number of hydrogen-bond donors (Lipinski definition) is 1. The number of rotatable bonds is 7. The van der Waals surface area contributed by atoms with E-state index in [1.54, 1.807) is 30.1 Å². The first-order chi connectivity index (χ1) is 11.1. The minimum Gasteiger partial charge on any atom is -0.493 e. The molecule has 1 aliphatic rings. The first-order valence-electron chi connectivity index (χ1n) is 7.69. The lowest BCUT2D eigenvalue weighted by Gasteiger charge is -2.28. The zero-order valence-corrected chi connectivity index (χ0v) is 14.1. The molecule has 0 bridgehead atoms. The van der Waals surface area contributed by atoms with Crippen LogP contribution in [0.5, 0.6) is 5.75 Å². The summed E-state index contributed by atoms with van der Waals surface area (Å²) >= 11 is 6.00. The van der Waals surface area contributed by atoms with Crippen molar-refractivity contribution in [3.63, 3.8) is 0 Å². The Balaban J connectivity index is 2.04. The molecule has 2 N–H and O–H groups in total. The molecule has 0 saturated carbocycles. The topological polar surface area (TPSA) is 74.0 Å². The summed E-state index contributed by atoms with van der Waals surface area (Å²) in [7, 11) is 1.73. The molecule has 6 nitrogen and oxygen atoms in total. The van der Waals surface area contributed by atoms with Crippen LogP contribution in [0.1, 0.15) is 16.8 Å². The predicted octanol–water partition coefficient (Wildman–Crippen LogP) is 1.55. The second kappa shape index (κ2) is 9.08. The van der Waals surface area contributed by atoms with E-state index in [0.717, 1.165) is 0 Å².